The van der Waals surface area contributed by atoms with Crippen LogP contribution in [-0.2, 0) is 20.2 Å². The summed E-state index contributed by atoms with van der Waals surface area (Å²) in [5.74, 6) is 0. The van der Waals surface area contributed by atoms with Crippen LogP contribution in [-0.4, -0.2) is 74.3 Å². The quantitative estimate of drug-likeness (QED) is 0.353. The van der Waals surface area contributed by atoms with Crippen molar-refractivity contribution in [3.05, 3.63) is 82.5 Å². The number of aliphatic imine (C=N–C) groups is 1. The summed E-state index contributed by atoms with van der Waals surface area (Å²) in [6.07, 6.45) is 5.49. The molecule has 1 aliphatic carbocycles. The molecule has 11 heteroatoms. The zero-order valence-electron chi connectivity index (χ0n) is 20.9. The molecule has 0 atom stereocenters. The van der Waals surface area contributed by atoms with E-state index in [0.717, 1.165) is 41.2 Å². The molecule has 0 saturated heterocycles. The van der Waals surface area contributed by atoms with Crippen LogP contribution in [0.4, 0.5) is 5.69 Å². The fourth-order valence-corrected chi connectivity index (χ4v) is 5.23. The topological polar surface area (TPSA) is 133 Å². The van der Waals surface area contributed by atoms with Crippen molar-refractivity contribution >= 4 is 66.8 Å². The first-order valence-corrected chi connectivity index (χ1v) is 13.8. The zero-order chi connectivity index (χ0) is 26.0. The van der Waals surface area contributed by atoms with E-state index in [1.807, 2.05) is 58.0 Å². The fraction of sp³-hybridized carbons (Fsp3) is 0.240. The summed E-state index contributed by atoms with van der Waals surface area (Å²) < 4.78 is 67.5. The number of nitrogens with zero attached hydrogens (tertiary/aromatic N) is 1. The normalized spacial score (nSPS) is 16.4. The number of anilines is 1. The molecule has 0 heterocycles. The second kappa shape index (κ2) is 12.0. The maximum atomic E-state index is 12.4. The average molecular weight is 540 g/mol. The molecule has 1 radical (unpaired) electrons. The Bertz CT molecular complexity index is 1500. The van der Waals surface area contributed by atoms with Crippen molar-refractivity contribution in [1.29, 1.82) is 0 Å². The molecule has 0 bridgehead atoms. The van der Waals surface area contributed by atoms with Crippen molar-refractivity contribution in [1.82, 2.24) is 0 Å². The van der Waals surface area contributed by atoms with Crippen molar-refractivity contribution in [3.63, 3.8) is 0 Å². The molecule has 36 heavy (non-hydrogen) atoms. The molecule has 0 saturated carbocycles. The Morgan fingerprint density at radius 2 is 1.64 bits per heavy atom. The minimum atomic E-state index is -4.86. The summed E-state index contributed by atoms with van der Waals surface area (Å²) >= 11 is 0. The number of nitrogens with one attached hydrogen (secondary N) is 1. The second-order valence-electron chi connectivity index (χ2n) is 8.02. The van der Waals surface area contributed by atoms with Crippen LogP contribution in [0.3, 0.4) is 0 Å². The molecule has 0 aliphatic heterocycles. The molecule has 0 amide bonds. The Kier molecular flexibility index (Phi) is 10.1. The van der Waals surface area contributed by atoms with Gasteiger partial charge >= 0.3 is 0 Å². The summed E-state index contributed by atoms with van der Waals surface area (Å²) in [6.45, 7) is 9.04. The molecule has 2 aromatic rings. The van der Waals surface area contributed by atoms with E-state index in [1.54, 1.807) is 6.08 Å². The van der Waals surface area contributed by atoms with Crippen molar-refractivity contribution in [3.8, 4) is 0 Å². The van der Waals surface area contributed by atoms with Gasteiger partial charge in [-0.2, -0.15) is 16.8 Å². The van der Waals surface area contributed by atoms with E-state index < -0.39 is 30.0 Å². The minimum absolute atomic E-state index is 0. The number of rotatable bonds is 7. The third-order valence-electron chi connectivity index (χ3n) is 5.49. The van der Waals surface area contributed by atoms with Crippen LogP contribution in [0.25, 0.3) is 5.57 Å². The first-order valence-electron chi connectivity index (χ1n) is 11.0. The second-order valence-corrected chi connectivity index (χ2v) is 10.8. The average Bonchev–Trinajstić information content (AvgIpc) is 2.76. The summed E-state index contributed by atoms with van der Waals surface area (Å²) in [5, 5.41) is 3.26. The molecule has 1 aliphatic rings. The number of hydrogen-bond acceptors (Lipinski definition) is 6. The zero-order valence-corrected chi connectivity index (χ0v) is 24.5. The molecule has 0 aromatic heterocycles. The van der Waals surface area contributed by atoms with Gasteiger partial charge in [0.25, 0.3) is 20.2 Å². The predicted octanol–water partition coefficient (Wildman–Crippen LogP) is 4.32. The van der Waals surface area contributed by atoms with Crippen LogP contribution in [0.1, 0.15) is 37.5 Å². The van der Waals surface area contributed by atoms with Crippen LogP contribution in [0.2, 0.25) is 0 Å². The molecular formula is C25H28N2NaO6S2. The number of hydrogen-bond donors (Lipinski definition) is 3. The van der Waals surface area contributed by atoms with Gasteiger partial charge in [0.1, 0.15) is 4.90 Å². The van der Waals surface area contributed by atoms with Crippen LogP contribution >= 0.6 is 0 Å². The van der Waals surface area contributed by atoms with E-state index in [2.05, 4.69) is 10.3 Å². The van der Waals surface area contributed by atoms with E-state index in [-0.39, 0.29) is 35.1 Å². The van der Waals surface area contributed by atoms with Gasteiger partial charge in [-0.25, -0.2) is 0 Å². The van der Waals surface area contributed by atoms with Crippen molar-refractivity contribution < 1.29 is 25.9 Å². The van der Waals surface area contributed by atoms with Gasteiger partial charge in [-0.3, -0.25) is 14.1 Å². The van der Waals surface area contributed by atoms with Crippen molar-refractivity contribution in [2.45, 2.75) is 37.5 Å². The summed E-state index contributed by atoms with van der Waals surface area (Å²) in [4.78, 5) is 3.18. The van der Waals surface area contributed by atoms with E-state index >= 15 is 0 Å². The van der Waals surface area contributed by atoms with Gasteiger partial charge in [0.2, 0.25) is 0 Å². The number of benzene rings is 2. The Morgan fingerprint density at radius 1 is 0.944 bits per heavy atom. The van der Waals surface area contributed by atoms with Gasteiger partial charge in [-0.05, 0) is 92.0 Å². The smallest absolute Gasteiger partial charge is 0.295 e. The molecule has 0 fully saturated rings. The van der Waals surface area contributed by atoms with E-state index in [0.29, 0.717) is 23.3 Å². The molecule has 8 nitrogen and oxygen atoms in total. The predicted molar refractivity (Wildman–Crippen MR) is 144 cm³/mol. The van der Waals surface area contributed by atoms with Crippen LogP contribution < -0.4 is 5.32 Å². The van der Waals surface area contributed by atoms with Crippen molar-refractivity contribution in [2.75, 3.05) is 18.4 Å². The molecule has 2 aromatic carbocycles. The van der Waals surface area contributed by atoms with E-state index in [9.17, 15) is 25.9 Å². The van der Waals surface area contributed by atoms with Crippen LogP contribution in [0.15, 0.2) is 80.6 Å². The fourth-order valence-electron chi connectivity index (χ4n) is 3.93. The van der Waals surface area contributed by atoms with Crippen LogP contribution in [0, 0.1) is 6.92 Å². The Hall–Kier alpha value is -2.05. The molecule has 187 valence electrons. The van der Waals surface area contributed by atoms with Gasteiger partial charge in [0.15, 0.2) is 0 Å². The largest absolute Gasteiger partial charge is 0.385 e. The molecular weight excluding hydrogens is 511 g/mol. The summed E-state index contributed by atoms with van der Waals surface area (Å²) in [5.41, 5.74) is 5.37. The number of aryl methyl sites for hydroxylation is 1. The number of allylic oxidation sites excluding steroid dienone is 5. The monoisotopic (exact) mass is 539 g/mol. The Balaban J connectivity index is 0.00000456. The van der Waals surface area contributed by atoms with Crippen molar-refractivity contribution in [2.24, 2.45) is 4.99 Å². The third-order valence-corrected chi connectivity index (χ3v) is 7.24. The van der Waals surface area contributed by atoms with Gasteiger partial charge in [0, 0.05) is 53.9 Å². The standard InChI is InChI=1S/C25H28N2O6S2.Na/c1-5-26-22-11-7-18(13-16(22)3)25(19-8-12-23(27-6-2)17(4)14-19)21-10-9-20(34(28,29)30)15-24(21)35(31,32)33;/h7-15,26H,5-6H2,1-4H3,(H,28,29,30)(H,31,32,33);/b25-19+,27-23?;. The molecule has 3 rings (SSSR count). The summed E-state index contributed by atoms with van der Waals surface area (Å²) in [6, 6.07) is 8.72. The maximum absolute atomic E-state index is 12.4. The SMILES string of the molecule is CCN=C1C=C/C(=C(/c2ccc(NCC)c(C)c2)c2ccc(S(=O)(=O)O)cc2S(=O)(=O)O)C=C1C.[Na]. The maximum Gasteiger partial charge on any atom is 0.295 e. The molecule has 0 unspecified atom stereocenters. The van der Waals surface area contributed by atoms with E-state index in [1.165, 1.54) is 6.07 Å². The minimum Gasteiger partial charge on any atom is -0.385 e. The first-order chi connectivity index (χ1) is 16.4. The van der Waals surface area contributed by atoms with E-state index in [4.69, 9.17) is 0 Å². The van der Waals surface area contributed by atoms with Gasteiger partial charge in [-0.1, -0.05) is 18.2 Å². The van der Waals surface area contributed by atoms with Gasteiger partial charge in [0.05, 0.1) is 10.6 Å². The summed E-state index contributed by atoms with van der Waals surface area (Å²) in [7, 11) is -9.56. The van der Waals surface area contributed by atoms with Gasteiger partial charge < -0.3 is 5.32 Å². The third kappa shape index (κ3) is 6.83. The molecule has 0 spiro atoms. The van der Waals surface area contributed by atoms with Crippen LogP contribution in [0.5, 0.6) is 0 Å². The van der Waals surface area contributed by atoms with Gasteiger partial charge in [-0.15, -0.1) is 0 Å². The first kappa shape index (κ1) is 30.2. The Morgan fingerprint density at radius 3 is 2.17 bits per heavy atom. The Labute approximate surface area is 234 Å². The molecule has 3 N–H and O–H groups in total.